The van der Waals surface area contributed by atoms with Crippen molar-refractivity contribution in [2.24, 2.45) is 0 Å². The zero-order valence-corrected chi connectivity index (χ0v) is 16.6. The molecule has 1 atom stereocenters. The van der Waals surface area contributed by atoms with Gasteiger partial charge in [-0.05, 0) is 29.8 Å². The van der Waals surface area contributed by atoms with Gasteiger partial charge in [0.1, 0.15) is 18.2 Å². The first-order valence-electron chi connectivity index (χ1n) is 9.35. The number of ether oxygens (including phenoxy) is 2. The zero-order chi connectivity index (χ0) is 21.1. The highest BCUT2D eigenvalue weighted by molar-refractivity contribution is 6.30. The van der Waals surface area contributed by atoms with E-state index in [1.807, 2.05) is 30.5 Å². The summed E-state index contributed by atoms with van der Waals surface area (Å²) < 4.78 is 48.6. The molecular formula is C21H19ClF3N3O2. The van der Waals surface area contributed by atoms with E-state index in [2.05, 4.69) is 19.6 Å². The fourth-order valence-corrected chi connectivity index (χ4v) is 3.56. The van der Waals surface area contributed by atoms with E-state index < -0.39 is 6.36 Å². The number of imidazole rings is 1. The van der Waals surface area contributed by atoms with Gasteiger partial charge in [-0.25, -0.2) is 4.98 Å². The Kier molecular flexibility index (Phi) is 5.99. The van der Waals surface area contributed by atoms with E-state index in [1.54, 1.807) is 12.1 Å². The number of nitrogens with zero attached hydrogens (tertiary/aromatic N) is 2. The molecule has 1 aliphatic heterocycles. The lowest BCUT2D eigenvalue weighted by molar-refractivity contribution is -0.274. The molecule has 1 N–H and O–H groups in total. The summed E-state index contributed by atoms with van der Waals surface area (Å²) in [5, 5.41) is 3.95. The maximum absolute atomic E-state index is 12.2. The number of benzene rings is 2. The van der Waals surface area contributed by atoms with Gasteiger partial charge in [0.2, 0.25) is 0 Å². The molecule has 4 rings (SSSR count). The Hall–Kier alpha value is -2.55. The molecule has 3 aromatic rings. The average Bonchev–Trinajstić information content (AvgIpc) is 3.11. The van der Waals surface area contributed by atoms with Crippen molar-refractivity contribution in [3.8, 4) is 17.0 Å². The fraction of sp³-hybridized carbons (Fsp3) is 0.286. The van der Waals surface area contributed by atoms with E-state index in [9.17, 15) is 13.2 Å². The SMILES string of the molecule is FC(F)(F)Oc1ccc(CNC[C@H]2Cn3c(-c4cccc(Cl)c4)cnc3CO2)cc1. The quantitative estimate of drug-likeness (QED) is 0.602. The molecular weight excluding hydrogens is 419 g/mol. The molecule has 0 saturated heterocycles. The number of alkyl halides is 3. The largest absolute Gasteiger partial charge is 0.573 e. The summed E-state index contributed by atoms with van der Waals surface area (Å²) in [7, 11) is 0. The Morgan fingerprint density at radius 3 is 2.73 bits per heavy atom. The standard InChI is InChI=1S/C21H19ClF3N3O2/c22-16-3-1-2-15(8-16)19-11-27-20-13-29-18(12-28(19)20)10-26-9-14-4-6-17(7-5-14)30-21(23,24)25/h1-8,11,18,26H,9-10,12-13H2/t18-/m0/s1. The van der Waals surface area contributed by atoms with Crippen LogP contribution in [0.5, 0.6) is 5.75 Å². The lowest BCUT2D eigenvalue weighted by Gasteiger charge is -2.26. The molecule has 0 spiro atoms. The third-order valence-corrected chi connectivity index (χ3v) is 4.99. The number of hydrogen-bond acceptors (Lipinski definition) is 4. The molecule has 0 unspecified atom stereocenters. The van der Waals surface area contributed by atoms with E-state index >= 15 is 0 Å². The first-order chi connectivity index (χ1) is 14.4. The van der Waals surface area contributed by atoms with Crippen LogP contribution in [0.3, 0.4) is 0 Å². The van der Waals surface area contributed by atoms with Crippen molar-refractivity contribution < 1.29 is 22.6 Å². The van der Waals surface area contributed by atoms with Crippen LogP contribution in [-0.4, -0.2) is 28.6 Å². The second kappa shape index (κ2) is 8.67. The van der Waals surface area contributed by atoms with Crippen molar-refractivity contribution in [1.82, 2.24) is 14.9 Å². The number of rotatable bonds is 6. The highest BCUT2D eigenvalue weighted by atomic mass is 35.5. The topological polar surface area (TPSA) is 48.3 Å². The summed E-state index contributed by atoms with van der Waals surface area (Å²) in [5.74, 6) is 0.629. The summed E-state index contributed by atoms with van der Waals surface area (Å²) in [6, 6.07) is 13.4. The van der Waals surface area contributed by atoms with Gasteiger partial charge in [0.25, 0.3) is 0 Å². The summed E-state index contributed by atoms with van der Waals surface area (Å²) in [6.45, 7) is 2.15. The Balaban J connectivity index is 1.33. The Morgan fingerprint density at radius 1 is 1.20 bits per heavy atom. The van der Waals surface area contributed by atoms with Gasteiger partial charge in [-0.15, -0.1) is 13.2 Å². The lowest BCUT2D eigenvalue weighted by atomic mass is 10.1. The van der Waals surface area contributed by atoms with Crippen LogP contribution >= 0.6 is 11.6 Å². The number of aromatic nitrogens is 2. The highest BCUT2D eigenvalue weighted by Gasteiger charge is 2.31. The second-order valence-corrected chi connectivity index (χ2v) is 7.37. The summed E-state index contributed by atoms with van der Waals surface area (Å²) >= 11 is 6.11. The Labute approximate surface area is 176 Å². The van der Waals surface area contributed by atoms with E-state index in [4.69, 9.17) is 16.3 Å². The van der Waals surface area contributed by atoms with Crippen LogP contribution in [0.4, 0.5) is 13.2 Å². The van der Waals surface area contributed by atoms with Crippen LogP contribution in [-0.2, 0) is 24.4 Å². The van der Waals surface area contributed by atoms with E-state index in [1.165, 1.54) is 12.1 Å². The monoisotopic (exact) mass is 437 g/mol. The predicted octanol–water partition coefficient (Wildman–Crippen LogP) is 4.79. The summed E-state index contributed by atoms with van der Waals surface area (Å²) in [4.78, 5) is 4.44. The summed E-state index contributed by atoms with van der Waals surface area (Å²) in [5.41, 5.74) is 2.83. The van der Waals surface area contributed by atoms with Gasteiger partial charge in [-0.3, -0.25) is 0 Å². The normalized spacial score (nSPS) is 16.3. The maximum Gasteiger partial charge on any atom is 0.573 e. The molecule has 0 radical (unpaired) electrons. The Morgan fingerprint density at radius 2 is 2.00 bits per heavy atom. The molecule has 1 aromatic heterocycles. The van der Waals surface area contributed by atoms with E-state index in [0.717, 1.165) is 22.6 Å². The van der Waals surface area contributed by atoms with Crippen LogP contribution in [0.15, 0.2) is 54.7 Å². The molecule has 0 fully saturated rings. The molecule has 0 amide bonds. The van der Waals surface area contributed by atoms with Gasteiger partial charge in [0.15, 0.2) is 0 Å². The lowest BCUT2D eigenvalue weighted by Crippen LogP contribution is -2.36. The molecule has 5 nitrogen and oxygen atoms in total. The van der Waals surface area contributed by atoms with Gasteiger partial charge in [-0.1, -0.05) is 35.9 Å². The molecule has 0 saturated carbocycles. The van der Waals surface area contributed by atoms with Crippen LogP contribution < -0.4 is 10.1 Å². The average molecular weight is 438 g/mol. The number of hydrogen-bond donors (Lipinski definition) is 1. The molecule has 1 aliphatic rings. The first kappa shape index (κ1) is 20.7. The zero-order valence-electron chi connectivity index (χ0n) is 15.8. The predicted molar refractivity (Wildman–Crippen MR) is 106 cm³/mol. The van der Waals surface area contributed by atoms with E-state index in [-0.39, 0.29) is 11.9 Å². The van der Waals surface area contributed by atoms with Crippen molar-refractivity contribution >= 4 is 11.6 Å². The Bertz CT molecular complexity index is 1010. The van der Waals surface area contributed by atoms with Crippen molar-refractivity contribution in [2.45, 2.75) is 32.2 Å². The van der Waals surface area contributed by atoms with Crippen LogP contribution in [0.25, 0.3) is 11.3 Å². The number of fused-ring (bicyclic) bond motifs is 1. The minimum absolute atomic E-state index is 0.0579. The second-order valence-electron chi connectivity index (χ2n) is 6.94. The van der Waals surface area contributed by atoms with Gasteiger partial charge < -0.3 is 19.4 Å². The maximum atomic E-state index is 12.2. The van der Waals surface area contributed by atoms with Crippen molar-refractivity contribution in [2.75, 3.05) is 6.54 Å². The van der Waals surface area contributed by atoms with Crippen molar-refractivity contribution in [1.29, 1.82) is 0 Å². The molecule has 0 aliphatic carbocycles. The van der Waals surface area contributed by atoms with Crippen molar-refractivity contribution in [3.63, 3.8) is 0 Å². The molecule has 0 bridgehead atoms. The van der Waals surface area contributed by atoms with Gasteiger partial charge >= 0.3 is 6.36 Å². The fourth-order valence-electron chi connectivity index (χ4n) is 3.37. The third-order valence-electron chi connectivity index (χ3n) is 4.75. The summed E-state index contributed by atoms with van der Waals surface area (Å²) in [6.07, 6.45) is -2.92. The first-order valence-corrected chi connectivity index (χ1v) is 9.72. The highest BCUT2D eigenvalue weighted by Crippen LogP contribution is 2.27. The molecule has 2 aromatic carbocycles. The van der Waals surface area contributed by atoms with Gasteiger partial charge in [0.05, 0.1) is 24.5 Å². The molecule has 2 heterocycles. The smallest absolute Gasteiger partial charge is 0.406 e. The van der Waals surface area contributed by atoms with Crippen molar-refractivity contribution in [3.05, 3.63) is 71.1 Å². The number of halogens is 4. The molecule has 30 heavy (non-hydrogen) atoms. The third kappa shape index (κ3) is 5.13. The minimum atomic E-state index is -4.69. The van der Waals surface area contributed by atoms with Gasteiger partial charge in [0, 0.05) is 23.7 Å². The number of nitrogens with one attached hydrogen (secondary N) is 1. The van der Waals surface area contributed by atoms with E-state index in [0.29, 0.717) is 31.3 Å². The van der Waals surface area contributed by atoms with Gasteiger partial charge in [-0.2, -0.15) is 0 Å². The van der Waals surface area contributed by atoms with Crippen LogP contribution in [0, 0.1) is 0 Å². The van der Waals surface area contributed by atoms with Crippen LogP contribution in [0.1, 0.15) is 11.4 Å². The molecule has 9 heteroatoms. The molecule has 158 valence electrons. The minimum Gasteiger partial charge on any atom is -0.406 e. The van der Waals surface area contributed by atoms with Crippen LogP contribution in [0.2, 0.25) is 5.02 Å².